The Labute approximate surface area is 115 Å². The fourth-order valence-electron chi connectivity index (χ4n) is 1.79. The molecule has 7 heteroatoms. The highest BCUT2D eigenvalue weighted by Gasteiger charge is 2.39. The van der Waals surface area contributed by atoms with E-state index in [1.54, 1.807) is 0 Å². The van der Waals surface area contributed by atoms with Crippen LogP contribution in [0.25, 0.3) is 0 Å². The standard InChI is InChI=1S/C14H8F6O/c1-7-3-2-4-9(15)12(7)14(19,20)21-8-5-10(16)13(18)11(17)6-8/h2-6H,1H3. The minimum Gasteiger partial charge on any atom is -0.429 e. The third-order valence-corrected chi connectivity index (χ3v) is 2.72. The molecular formula is C14H8F6O. The summed E-state index contributed by atoms with van der Waals surface area (Å²) >= 11 is 0. The second-order valence-corrected chi connectivity index (χ2v) is 4.25. The maximum Gasteiger partial charge on any atom is 0.429 e. The lowest BCUT2D eigenvalue weighted by Gasteiger charge is -2.20. The third-order valence-electron chi connectivity index (χ3n) is 2.72. The molecule has 0 amide bonds. The molecule has 2 rings (SSSR count). The summed E-state index contributed by atoms with van der Waals surface area (Å²) in [4.78, 5) is 0. The first-order valence-corrected chi connectivity index (χ1v) is 5.69. The Bertz CT molecular complexity index is 640. The van der Waals surface area contributed by atoms with Crippen LogP contribution in [0.2, 0.25) is 0 Å². The highest BCUT2D eigenvalue weighted by atomic mass is 19.3. The summed E-state index contributed by atoms with van der Waals surface area (Å²) in [6, 6.07) is 3.75. The molecule has 0 saturated heterocycles. The van der Waals surface area contributed by atoms with Crippen LogP contribution in [0.5, 0.6) is 5.75 Å². The van der Waals surface area contributed by atoms with E-state index in [1.807, 2.05) is 0 Å². The Hall–Kier alpha value is -2.18. The highest BCUT2D eigenvalue weighted by molar-refractivity contribution is 5.32. The fourth-order valence-corrected chi connectivity index (χ4v) is 1.79. The summed E-state index contributed by atoms with van der Waals surface area (Å²) in [7, 11) is 0. The zero-order valence-corrected chi connectivity index (χ0v) is 10.6. The normalized spacial score (nSPS) is 11.6. The van der Waals surface area contributed by atoms with Gasteiger partial charge < -0.3 is 4.74 Å². The van der Waals surface area contributed by atoms with Crippen LogP contribution in [0.4, 0.5) is 26.3 Å². The molecule has 0 N–H and O–H groups in total. The molecule has 0 heterocycles. The van der Waals surface area contributed by atoms with E-state index in [0.29, 0.717) is 0 Å². The van der Waals surface area contributed by atoms with Crippen molar-refractivity contribution < 1.29 is 31.1 Å². The van der Waals surface area contributed by atoms with Gasteiger partial charge in [-0.05, 0) is 18.6 Å². The van der Waals surface area contributed by atoms with Crippen LogP contribution < -0.4 is 4.74 Å². The van der Waals surface area contributed by atoms with E-state index in [-0.39, 0.29) is 17.7 Å². The van der Waals surface area contributed by atoms with Gasteiger partial charge in [0.2, 0.25) is 0 Å². The zero-order chi connectivity index (χ0) is 15.8. The van der Waals surface area contributed by atoms with Crippen LogP contribution >= 0.6 is 0 Å². The van der Waals surface area contributed by atoms with Crippen LogP contribution in [0.3, 0.4) is 0 Å². The molecular weight excluding hydrogens is 298 g/mol. The van der Waals surface area contributed by atoms with Crippen molar-refractivity contribution in [2.24, 2.45) is 0 Å². The molecule has 2 aromatic carbocycles. The van der Waals surface area contributed by atoms with Gasteiger partial charge in [-0.1, -0.05) is 12.1 Å². The molecule has 0 fully saturated rings. The van der Waals surface area contributed by atoms with Gasteiger partial charge in [0, 0.05) is 12.1 Å². The molecule has 1 nitrogen and oxygen atoms in total. The summed E-state index contributed by atoms with van der Waals surface area (Å²) < 4.78 is 84.2. The number of rotatable bonds is 3. The summed E-state index contributed by atoms with van der Waals surface area (Å²) in [5, 5.41) is 0. The first kappa shape index (κ1) is 15.2. The lowest BCUT2D eigenvalue weighted by atomic mass is 10.1. The Morgan fingerprint density at radius 2 is 1.48 bits per heavy atom. The average Bonchev–Trinajstić information content (AvgIpc) is 2.34. The van der Waals surface area contributed by atoms with Gasteiger partial charge in [-0.15, -0.1) is 0 Å². The van der Waals surface area contributed by atoms with Crippen molar-refractivity contribution in [1.29, 1.82) is 0 Å². The van der Waals surface area contributed by atoms with Crippen LogP contribution in [-0.4, -0.2) is 0 Å². The molecule has 0 aliphatic rings. The largest absolute Gasteiger partial charge is 0.429 e. The molecule has 0 aliphatic heterocycles. The van der Waals surface area contributed by atoms with Gasteiger partial charge in [0.1, 0.15) is 17.1 Å². The van der Waals surface area contributed by atoms with Crippen molar-refractivity contribution >= 4 is 0 Å². The van der Waals surface area contributed by atoms with E-state index >= 15 is 0 Å². The SMILES string of the molecule is Cc1cccc(F)c1C(F)(F)Oc1cc(F)c(F)c(F)c1. The molecule has 0 unspecified atom stereocenters. The summed E-state index contributed by atoms with van der Waals surface area (Å²) in [5.41, 5.74) is -1.17. The number of ether oxygens (including phenoxy) is 1. The summed E-state index contributed by atoms with van der Waals surface area (Å²) in [6.45, 7) is 1.22. The predicted octanol–water partition coefficient (Wildman–Crippen LogP) is 4.68. The van der Waals surface area contributed by atoms with Crippen molar-refractivity contribution in [1.82, 2.24) is 0 Å². The molecule has 0 saturated carbocycles. The van der Waals surface area contributed by atoms with E-state index in [9.17, 15) is 26.3 Å². The van der Waals surface area contributed by atoms with Crippen molar-refractivity contribution in [3.8, 4) is 5.75 Å². The number of hydrogen-bond donors (Lipinski definition) is 0. The molecule has 2 aromatic rings. The smallest absolute Gasteiger partial charge is 0.429 e. The van der Waals surface area contributed by atoms with Gasteiger partial charge in [0.25, 0.3) is 0 Å². The second-order valence-electron chi connectivity index (χ2n) is 4.25. The monoisotopic (exact) mass is 306 g/mol. The Morgan fingerprint density at radius 1 is 0.905 bits per heavy atom. The number of aryl methyl sites for hydroxylation is 1. The molecule has 0 radical (unpaired) electrons. The van der Waals surface area contributed by atoms with Gasteiger partial charge in [-0.2, -0.15) is 8.78 Å². The lowest BCUT2D eigenvalue weighted by Crippen LogP contribution is -2.25. The van der Waals surface area contributed by atoms with Crippen molar-refractivity contribution in [3.05, 3.63) is 64.7 Å². The number of hydrogen-bond acceptors (Lipinski definition) is 1. The maximum absolute atomic E-state index is 13.9. The van der Waals surface area contributed by atoms with Gasteiger partial charge in [-0.3, -0.25) is 0 Å². The van der Waals surface area contributed by atoms with Crippen molar-refractivity contribution in [3.63, 3.8) is 0 Å². The maximum atomic E-state index is 13.9. The van der Waals surface area contributed by atoms with Crippen LogP contribution in [0, 0.1) is 30.2 Å². The zero-order valence-electron chi connectivity index (χ0n) is 10.6. The first-order chi connectivity index (χ1) is 9.72. The van der Waals surface area contributed by atoms with Gasteiger partial charge in [-0.25, -0.2) is 17.6 Å². The molecule has 0 aliphatic carbocycles. The third kappa shape index (κ3) is 2.96. The minimum absolute atomic E-state index is 0.108. The Balaban J connectivity index is 2.42. The molecule has 112 valence electrons. The van der Waals surface area contributed by atoms with Crippen LogP contribution in [0.1, 0.15) is 11.1 Å². The highest BCUT2D eigenvalue weighted by Crippen LogP contribution is 2.35. The number of halogens is 6. The van der Waals surface area contributed by atoms with Gasteiger partial charge >= 0.3 is 6.11 Å². The van der Waals surface area contributed by atoms with Crippen LogP contribution in [0.15, 0.2) is 30.3 Å². The lowest BCUT2D eigenvalue weighted by molar-refractivity contribution is -0.188. The average molecular weight is 306 g/mol. The Morgan fingerprint density at radius 3 is 2.00 bits per heavy atom. The fraction of sp³-hybridized carbons (Fsp3) is 0.143. The number of benzene rings is 2. The summed E-state index contributed by atoms with van der Waals surface area (Å²) in [6.07, 6.45) is -4.17. The van der Waals surface area contributed by atoms with E-state index in [2.05, 4.69) is 4.74 Å². The van der Waals surface area contributed by atoms with Gasteiger partial charge in [0.15, 0.2) is 17.5 Å². The first-order valence-electron chi connectivity index (χ1n) is 5.69. The van der Waals surface area contributed by atoms with E-state index in [1.165, 1.54) is 19.1 Å². The molecule has 21 heavy (non-hydrogen) atoms. The van der Waals surface area contributed by atoms with E-state index in [4.69, 9.17) is 0 Å². The molecule has 0 aromatic heterocycles. The quantitative estimate of drug-likeness (QED) is 0.591. The van der Waals surface area contributed by atoms with Crippen LogP contribution in [-0.2, 0) is 6.11 Å². The molecule has 0 spiro atoms. The molecule has 0 bridgehead atoms. The van der Waals surface area contributed by atoms with E-state index in [0.717, 1.165) is 6.07 Å². The predicted molar refractivity (Wildman–Crippen MR) is 62.0 cm³/mol. The second kappa shape index (κ2) is 5.31. The van der Waals surface area contributed by atoms with E-state index < -0.39 is 40.7 Å². The Kier molecular flexibility index (Phi) is 3.85. The van der Waals surface area contributed by atoms with Crippen molar-refractivity contribution in [2.45, 2.75) is 13.0 Å². The molecule has 0 atom stereocenters. The number of alkyl halides is 2. The topological polar surface area (TPSA) is 9.23 Å². The summed E-state index contributed by atoms with van der Waals surface area (Å²) in [5.74, 6) is -7.38. The van der Waals surface area contributed by atoms with Crippen molar-refractivity contribution in [2.75, 3.05) is 0 Å². The minimum atomic E-state index is -4.17. The van der Waals surface area contributed by atoms with Gasteiger partial charge in [0.05, 0.1) is 0 Å².